The Hall–Kier alpha value is -5.67. The van der Waals surface area contributed by atoms with Gasteiger partial charge in [0.05, 0.1) is 40.5 Å². The molecule has 0 heterocycles. The van der Waals surface area contributed by atoms with Gasteiger partial charge in [-0.15, -0.1) is 0 Å². The third-order valence-corrected chi connectivity index (χ3v) is 6.69. The first kappa shape index (κ1) is 30.3. The number of hydrazone groups is 1. The van der Waals surface area contributed by atoms with Crippen LogP contribution in [0, 0.1) is 6.92 Å². The molecule has 5 N–H and O–H groups in total. The van der Waals surface area contributed by atoms with Crippen molar-refractivity contribution in [3.05, 3.63) is 90.0 Å². The van der Waals surface area contributed by atoms with E-state index in [4.69, 9.17) is 14.4 Å². The fourth-order valence-electron chi connectivity index (χ4n) is 3.64. The average Bonchev–Trinajstić information content (AvgIpc) is 2.96. The molecule has 1 aliphatic rings. The van der Waals surface area contributed by atoms with Gasteiger partial charge in [-0.25, -0.2) is 9.59 Å². The number of benzene rings is 3. The predicted molar refractivity (Wildman–Crippen MR) is 158 cm³/mol. The number of nitrogens with zero attached hydrogens (tertiary/aromatic N) is 3. The number of hydrogen-bond donors (Lipinski definition) is 5. The van der Waals surface area contributed by atoms with Gasteiger partial charge in [0.25, 0.3) is 10.1 Å². The maximum Gasteiger partial charge on any atom is 0.339 e. The molecule has 0 spiro atoms. The molecule has 220 valence electrons. The zero-order valence-electron chi connectivity index (χ0n) is 22.6. The van der Waals surface area contributed by atoms with Crippen molar-refractivity contribution in [1.82, 2.24) is 0 Å². The van der Waals surface area contributed by atoms with Crippen molar-refractivity contribution < 1.29 is 37.2 Å². The van der Waals surface area contributed by atoms with E-state index in [0.29, 0.717) is 39.7 Å². The zero-order chi connectivity index (χ0) is 31.1. The Kier molecular flexibility index (Phi) is 9.08. The number of urea groups is 1. The number of carbonyl (C=O) groups excluding carboxylic acids is 2. The summed E-state index contributed by atoms with van der Waals surface area (Å²) in [6, 6.07) is 14.4. The standard InChI is InChI=1S/C28H24N6O8S/c1-16-13-24(26(42-2)15-23(16)34-32-19-7-10-21(11-8-19)43(39,40)41)30-28(38)29-17-3-5-18(6-4-17)31-33-20-9-12-25(35)22(14-20)27(36)37/h3-15,31H,1-2H3,(H,36,37)(H2,29,30,38)(H,39,40,41). The second kappa shape index (κ2) is 12.9. The maximum atomic E-state index is 12.7. The second-order valence-corrected chi connectivity index (χ2v) is 10.3. The van der Waals surface area contributed by atoms with Gasteiger partial charge in [0, 0.05) is 11.8 Å². The number of amides is 2. The highest BCUT2D eigenvalue weighted by Gasteiger charge is 2.19. The number of aryl methyl sites for hydroxylation is 1. The number of aliphatic carboxylic acids is 1. The van der Waals surface area contributed by atoms with Crippen LogP contribution < -0.4 is 20.8 Å². The minimum Gasteiger partial charge on any atom is -0.494 e. The minimum atomic E-state index is -4.31. The molecule has 0 saturated carbocycles. The van der Waals surface area contributed by atoms with Crippen LogP contribution in [0.1, 0.15) is 5.56 Å². The van der Waals surface area contributed by atoms with Crippen molar-refractivity contribution >= 4 is 62.1 Å². The number of ether oxygens (including phenoxy) is 1. The fourth-order valence-corrected chi connectivity index (χ4v) is 4.12. The largest absolute Gasteiger partial charge is 0.494 e. The lowest BCUT2D eigenvalue weighted by Crippen LogP contribution is -2.19. The third-order valence-electron chi connectivity index (χ3n) is 5.82. The van der Waals surface area contributed by atoms with Crippen LogP contribution in [0.5, 0.6) is 5.75 Å². The second-order valence-electron chi connectivity index (χ2n) is 8.87. The first-order valence-corrected chi connectivity index (χ1v) is 13.7. The summed E-state index contributed by atoms with van der Waals surface area (Å²) in [7, 11) is -2.89. The van der Waals surface area contributed by atoms with E-state index in [1.807, 2.05) is 0 Å². The molecule has 1 aliphatic carbocycles. The first-order valence-electron chi connectivity index (χ1n) is 12.3. The number of rotatable bonds is 9. The number of allylic oxidation sites excluding steroid dienone is 3. The molecule has 4 rings (SSSR count). The van der Waals surface area contributed by atoms with E-state index in [1.54, 1.807) is 43.3 Å². The van der Waals surface area contributed by atoms with Gasteiger partial charge in [-0.2, -0.15) is 23.7 Å². The van der Waals surface area contributed by atoms with E-state index in [9.17, 15) is 22.8 Å². The molecule has 0 aromatic heterocycles. The van der Waals surface area contributed by atoms with Crippen LogP contribution in [0.15, 0.2) is 105 Å². The number of carbonyl (C=O) groups is 3. The molecule has 14 nitrogen and oxygen atoms in total. The number of hydrogen-bond acceptors (Lipinski definition) is 10. The Bertz CT molecular complexity index is 1810. The summed E-state index contributed by atoms with van der Waals surface area (Å²) in [5.41, 5.74) is 5.47. The molecular formula is C28H24N6O8S. The Morgan fingerprint density at radius 3 is 2.21 bits per heavy atom. The molecule has 2 amide bonds. The van der Waals surface area contributed by atoms with Crippen LogP contribution in [0.25, 0.3) is 0 Å². The molecule has 0 unspecified atom stereocenters. The quantitative estimate of drug-likeness (QED) is 0.0711. The topological polar surface area (TPSA) is 208 Å². The number of methoxy groups -OCH3 is 1. The van der Waals surface area contributed by atoms with Gasteiger partial charge in [0.2, 0.25) is 0 Å². The Morgan fingerprint density at radius 2 is 1.58 bits per heavy atom. The SMILES string of the molecule is COc1cc(N=Nc2ccc(S(=O)(=O)O)cc2)c(C)cc1NC(=O)Nc1ccc(NN=C2C=CC(=O)C(C(=O)O)=C2)cc1. The van der Waals surface area contributed by atoms with E-state index in [-0.39, 0.29) is 16.2 Å². The molecule has 43 heavy (non-hydrogen) atoms. The van der Waals surface area contributed by atoms with Crippen molar-refractivity contribution in [2.45, 2.75) is 11.8 Å². The first-order chi connectivity index (χ1) is 20.4. The maximum absolute atomic E-state index is 12.7. The summed E-state index contributed by atoms with van der Waals surface area (Å²) in [5, 5.41) is 26.8. The van der Waals surface area contributed by atoms with Crippen molar-refractivity contribution in [3.63, 3.8) is 0 Å². The molecule has 0 saturated heterocycles. The van der Waals surface area contributed by atoms with E-state index in [0.717, 1.165) is 12.2 Å². The van der Waals surface area contributed by atoms with Gasteiger partial charge in [-0.3, -0.25) is 14.8 Å². The lowest BCUT2D eigenvalue weighted by molar-refractivity contribution is -0.134. The monoisotopic (exact) mass is 604 g/mol. The van der Waals surface area contributed by atoms with E-state index < -0.39 is 27.9 Å². The number of carboxylic acids is 1. The van der Waals surface area contributed by atoms with Crippen molar-refractivity contribution in [3.8, 4) is 5.75 Å². The van der Waals surface area contributed by atoms with Crippen molar-refractivity contribution in [2.24, 2.45) is 15.3 Å². The minimum absolute atomic E-state index is 0.254. The number of nitrogens with one attached hydrogen (secondary N) is 3. The van der Waals surface area contributed by atoms with Gasteiger partial charge in [-0.05, 0) is 85.3 Å². The smallest absolute Gasteiger partial charge is 0.339 e. The molecule has 0 aliphatic heterocycles. The number of azo groups is 1. The van der Waals surface area contributed by atoms with Gasteiger partial charge in [-0.1, -0.05) is 0 Å². The van der Waals surface area contributed by atoms with Crippen LogP contribution in [-0.4, -0.2) is 48.7 Å². The molecule has 3 aromatic carbocycles. The Labute approximate surface area is 245 Å². The molecule has 0 bridgehead atoms. The summed E-state index contributed by atoms with van der Waals surface area (Å²) in [4.78, 5) is 35.1. The molecular weight excluding hydrogens is 580 g/mol. The molecule has 0 radical (unpaired) electrons. The highest BCUT2D eigenvalue weighted by Crippen LogP contribution is 2.34. The highest BCUT2D eigenvalue weighted by atomic mass is 32.2. The Morgan fingerprint density at radius 1 is 0.907 bits per heavy atom. The molecule has 15 heteroatoms. The van der Waals surface area contributed by atoms with Crippen LogP contribution in [0.4, 0.5) is 33.2 Å². The van der Waals surface area contributed by atoms with E-state index in [1.165, 1.54) is 37.5 Å². The van der Waals surface area contributed by atoms with Crippen LogP contribution in [0.2, 0.25) is 0 Å². The van der Waals surface area contributed by atoms with Crippen LogP contribution in [-0.2, 0) is 19.7 Å². The lowest BCUT2D eigenvalue weighted by Gasteiger charge is -2.13. The lowest BCUT2D eigenvalue weighted by atomic mass is 10.0. The molecule has 0 atom stereocenters. The van der Waals surface area contributed by atoms with E-state index >= 15 is 0 Å². The van der Waals surface area contributed by atoms with Gasteiger partial charge >= 0.3 is 12.0 Å². The third kappa shape index (κ3) is 7.96. The molecule has 0 fully saturated rings. The average molecular weight is 605 g/mol. The van der Waals surface area contributed by atoms with Gasteiger partial charge in [0.1, 0.15) is 11.3 Å². The number of carboxylic acid groups (broad SMARTS) is 1. The number of anilines is 3. The number of ketones is 1. The van der Waals surface area contributed by atoms with Crippen LogP contribution >= 0.6 is 0 Å². The summed E-state index contributed by atoms with van der Waals surface area (Å²) >= 11 is 0. The van der Waals surface area contributed by atoms with Gasteiger partial charge < -0.3 is 20.5 Å². The molecule has 3 aromatic rings. The summed E-state index contributed by atoms with van der Waals surface area (Å²) < 4.78 is 36.9. The summed E-state index contributed by atoms with van der Waals surface area (Å²) in [5.74, 6) is -1.64. The van der Waals surface area contributed by atoms with Crippen LogP contribution in [0.3, 0.4) is 0 Å². The van der Waals surface area contributed by atoms with E-state index in [2.05, 4.69) is 31.4 Å². The summed E-state index contributed by atoms with van der Waals surface area (Å²) in [6.07, 6.45) is 3.68. The predicted octanol–water partition coefficient (Wildman–Crippen LogP) is 5.23. The van der Waals surface area contributed by atoms with Crippen molar-refractivity contribution in [2.75, 3.05) is 23.2 Å². The normalized spacial score (nSPS) is 14.0. The zero-order valence-corrected chi connectivity index (χ0v) is 23.4. The summed E-state index contributed by atoms with van der Waals surface area (Å²) in [6.45, 7) is 1.76. The van der Waals surface area contributed by atoms with Gasteiger partial charge in [0.15, 0.2) is 5.78 Å². The van der Waals surface area contributed by atoms with Crippen molar-refractivity contribution in [1.29, 1.82) is 0 Å². The fraction of sp³-hybridized carbons (Fsp3) is 0.0714. The Balaban J connectivity index is 1.38. The highest BCUT2D eigenvalue weighted by molar-refractivity contribution is 7.85.